The maximum Gasteiger partial charge on any atom is 0.269 e. The quantitative estimate of drug-likeness (QED) is 0.309. The van der Waals surface area contributed by atoms with Crippen molar-refractivity contribution < 1.29 is 9.18 Å². The zero-order chi connectivity index (χ0) is 28.0. The van der Waals surface area contributed by atoms with Gasteiger partial charge in [0, 0.05) is 24.2 Å². The highest BCUT2D eigenvalue weighted by Crippen LogP contribution is 2.22. The Hall–Kier alpha value is -2.76. The zero-order valence-electron chi connectivity index (χ0n) is 23.3. The number of hydrazine groups is 1. The molecule has 0 fully saturated rings. The van der Waals surface area contributed by atoms with Gasteiger partial charge in [-0.2, -0.15) is 10.2 Å². The van der Waals surface area contributed by atoms with Crippen LogP contribution < -0.4 is 10.4 Å². The molecule has 0 aliphatic heterocycles. The van der Waals surface area contributed by atoms with Crippen molar-refractivity contribution in [1.29, 1.82) is 5.26 Å². The standard InChI is InChI=1S/C23H30ClFN6O.C5H12/c1-5-9-30(10-6-2)15-18-11-17(7-8-20(18)25)23(32)29-31(14-16(3)4)22-19(24)13-27-21(12-26)28-22;1-4-5(2)3/h7-8,11,13,16H,5-6,9-10,14-15H2,1-4H3,(H,29,32);5H,4H2,1-3H3. The summed E-state index contributed by atoms with van der Waals surface area (Å²) in [6.07, 6.45) is 4.57. The van der Waals surface area contributed by atoms with Crippen LogP contribution in [0.2, 0.25) is 5.02 Å². The van der Waals surface area contributed by atoms with Gasteiger partial charge in [-0.05, 0) is 56.0 Å². The van der Waals surface area contributed by atoms with E-state index in [0.717, 1.165) is 31.8 Å². The summed E-state index contributed by atoms with van der Waals surface area (Å²) < 4.78 is 14.5. The first-order valence-corrected chi connectivity index (χ1v) is 13.5. The van der Waals surface area contributed by atoms with Crippen LogP contribution in [0.25, 0.3) is 0 Å². The molecule has 7 nitrogen and oxygen atoms in total. The lowest BCUT2D eigenvalue weighted by Crippen LogP contribution is -2.45. The lowest BCUT2D eigenvalue weighted by Gasteiger charge is -2.27. The largest absolute Gasteiger partial charge is 0.299 e. The van der Waals surface area contributed by atoms with Gasteiger partial charge in [-0.25, -0.2) is 9.37 Å². The summed E-state index contributed by atoms with van der Waals surface area (Å²) in [7, 11) is 0. The summed E-state index contributed by atoms with van der Waals surface area (Å²) in [6.45, 7) is 17.3. The van der Waals surface area contributed by atoms with Crippen LogP contribution in [0.15, 0.2) is 24.4 Å². The van der Waals surface area contributed by atoms with Crippen molar-refractivity contribution in [2.24, 2.45) is 11.8 Å². The molecule has 0 atom stereocenters. The van der Waals surface area contributed by atoms with Crippen LogP contribution >= 0.6 is 11.6 Å². The van der Waals surface area contributed by atoms with E-state index in [1.54, 1.807) is 6.07 Å². The molecule has 0 saturated heterocycles. The highest BCUT2D eigenvalue weighted by molar-refractivity contribution is 6.32. The van der Waals surface area contributed by atoms with E-state index in [-0.39, 0.29) is 28.4 Å². The average molecular weight is 533 g/mol. The van der Waals surface area contributed by atoms with Gasteiger partial charge in [0.1, 0.15) is 16.9 Å². The summed E-state index contributed by atoms with van der Waals surface area (Å²) in [5.74, 6) is 0.471. The van der Waals surface area contributed by atoms with Gasteiger partial charge in [0.25, 0.3) is 5.91 Å². The Labute approximate surface area is 227 Å². The number of anilines is 1. The Morgan fingerprint density at radius 2 is 1.76 bits per heavy atom. The topological polar surface area (TPSA) is 85.2 Å². The molecule has 0 radical (unpaired) electrons. The molecule has 1 aromatic carbocycles. The van der Waals surface area contributed by atoms with Crippen LogP contribution in [0.3, 0.4) is 0 Å². The minimum absolute atomic E-state index is 0.0524. The summed E-state index contributed by atoms with van der Waals surface area (Å²) >= 11 is 6.24. The first kappa shape index (κ1) is 32.3. The average Bonchev–Trinajstić information content (AvgIpc) is 2.85. The molecule has 1 heterocycles. The molecule has 37 heavy (non-hydrogen) atoms. The Kier molecular flexibility index (Phi) is 14.7. The normalized spacial score (nSPS) is 10.8. The maximum absolute atomic E-state index is 14.5. The highest BCUT2D eigenvalue weighted by Gasteiger charge is 2.20. The molecule has 2 aromatic rings. The van der Waals surface area contributed by atoms with Gasteiger partial charge >= 0.3 is 0 Å². The molecule has 0 spiro atoms. The molecule has 0 unspecified atom stereocenters. The fourth-order valence-electron chi connectivity index (χ4n) is 3.32. The van der Waals surface area contributed by atoms with Gasteiger partial charge in [0.15, 0.2) is 5.82 Å². The van der Waals surface area contributed by atoms with Gasteiger partial charge < -0.3 is 0 Å². The van der Waals surface area contributed by atoms with E-state index < -0.39 is 5.91 Å². The monoisotopic (exact) mass is 532 g/mol. The van der Waals surface area contributed by atoms with Crippen LogP contribution in [0.5, 0.6) is 0 Å². The molecular formula is C28H42ClFN6O. The van der Waals surface area contributed by atoms with E-state index in [9.17, 15) is 9.18 Å². The van der Waals surface area contributed by atoms with E-state index in [1.165, 1.54) is 29.8 Å². The molecule has 204 valence electrons. The third kappa shape index (κ3) is 11.4. The number of nitrogens with zero attached hydrogens (tertiary/aromatic N) is 5. The summed E-state index contributed by atoms with van der Waals surface area (Å²) in [4.78, 5) is 23.2. The summed E-state index contributed by atoms with van der Waals surface area (Å²) in [6, 6.07) is 6.23. The van der Waals surface area contributed by atoms with Crippen LogP contribution in [-0.2, 0) is 6.54 Å². The van der Waals surface area contributed by atoms with Crippen molar-refractivity contribution >= 4 is 23.3 Å². The van der Waals surface area contributed by atoms with Gasteiger partial charge in [-0.15, -0.1) is 0 Å². The first-order valence-electron chi connectivity index (χ1n) is 13.1. The second kappa shape index (κ2) is 16.9. The molecular weight excluding hydrogens is 491 g/mol. The van der Waals surface area contributed by atoms with Crippen molar-refractivity contribution in [2.45, 2.75) is 74.3 Å². The minimum atomic E-state index is -0.419. The Morgan fingerprint density at radius 1 is 1.14 bits per heavy atom. The minimum Gasteiger partial charge on any atom is -0.299 e. The molecule has 0 aliphatic rings. The lowest BCUT2D eigenvalue weighted by atomic mass is 10.1. The third-order valence-electron chi connectivity index (χ3n) is 5.46. The second-order valence-corrected chi connectivity index (χ2v) is 10.2. The number of carbonyl (C=O) groups is 1. The van der Waals surface area contributed by atoms with Crippen molar-refractivity contribution in [1.82, 2.24) is 20.3 Å². The fourth-order valence-corrected chi connectivity index (χ4v) is 3.51. The van der Waals surface area contributed by atoms with Crippen LogP contribution in [0.1, 0.15) is 89.5 Å². The number of nitrogens with one attached hydrogen (secondary N) is 1. The first-order chi connectivity index (χ1) is 17.6. The Morgan fingerprint density at radius 3 is 2.27 bits per heavy atom. The molecule has 1 N–H and O–H groups in total. The Balaban J connectivity index is 0.00000124. The number of amides is 1. The number of hydrogen-bond acceptors (Lipinski definition) is 6. The number of aromatic nitrogens is 2. The van der Waals surface area contributed by atoms with Crippen molar-refractivity contribution in [3.05, 3.63) is 52.2 Å². The number of carbonyl (C=O) groups excluding carboxylic acids is 1. The molecule has 2 rings (SSSR count). The molecule has 1 amide bonds. The van der Waals surface area contributed by atoms with Crippen LogP contribution in [0, 0.1) is 29.0 Å². The van der Waals surface area contributed by atoms with Gasteiger partial charge in [-0.1, -0.05) is 66.5 Å². The predicted octanol–water partition coefficient (Wildman–Crippen LogP) is 6.62. The van der Waals surface area contributed by atoms with E-state index in [1.807, 2.05) is 19.9 Å². The molecule has 0 saturated carbocycles. The Bertz CT molecular complexity index is 1020. The van der Waals surface area contributed by atoms with Crippen LogP contribution in [-0.4, -0.2) is 40.4 Å². The molecule has 0 bridgehead atoms. The number of halogens is 2. The smallest absolute Gasteiger partial charge is 0.269 e. The summed E-state index contributed by atoms with van der Waals surface area (Å²) in [5.41, 5.74) is 3.60. The predicted molar refractivity (Wildman–Crippen MR) is 149 cm³/mol. The maximum atomic E-state index is 14.5. The number of hydrogen-bond donors (Lipinski definition) is 1. The van der Waals surface area contributed by atoms with Crippen molar-refractivity contribution in [3.8, 4) is 6.07 Å². The molecule has 9 heteroatoms. The fraction of sp³-hybridized carbons (Fsp3) is 0.571. The lowest BCUT2D eigenvalue weighted by molar-refractivity contribution is 0.0947. The van der Waals surface area contributed by atoms with Crippen molar-refractivity contribution in [2.75, 3.05) is 24.6 Å². The van der Waals surface area contributed by atoms with Crippen molar-refractivity contribution in [3.63, 3.8) is 0 Å². The number of benzene rings is 1. The van der Waals surface area contributed by atoms with Gasteiger partial charge in [0.2, 0.25) is 5.82 Å². The zero-order valence-corrected chi connectivity index (χ0v) is 24.1. The number of rotatable bonds is 12. The van der Waals surface area contributed by atoms with E-state index in [2.05, 4.69) is 54.9 Å². The second-order valence-electron chi connectivity index (χ2n) is 9.81. The van der Waals surface area contributed by atoms with E-state index in [4.69, 9.17) is 16.9 Å². The summed E-state index contributed by atoms with van der Waals surface area (Å²) in [5, 5.41) is 10.8. The third-order valence-corrected chi connectivity index (χ3v) is 5.73. The van der Waals surface area contributed by atoms with Gasteiger partial charge in [-0.3, -0.25) is 20.1 Å². The van der Waals surface area contributed by atoms with Crippen LogP contribution in [0.4, 0.5) is 10.2 Å². The number of nitriles is 1. The SMILES string of the molecule is CCC(C)C.CCCN(CCC)Cc1cc(C(=O)NN(CC(C)C)c2nc(C#N)ncc2Cl)ccc1F. The van der Waals surface area contributed by atoms with E-state index >= 15 is 0 Å². The van der Waals surface area contributed by atoms with E-state index in [0.29, 0.717) is 24.2 Å². The molecule has 1 aromatic heterocycles. The van der Waals surface area contributed by atoms with Gasteiger partial charge in [0.05, 0.1) is 6.20 Å². The highest BCUT2D eigenvalue weighted by atomic mass is 35.5. The molecule has 0 aliphatic carbocycles.